The van der Waals surface area contributed by atoms with Crippen molar-refractivity contribution in [1.29, 1.82) is 0 Å². The summed E-state index contributed by atoms with van der Waals surface area (Å²) >= 11 is 9.38. The van der Waals surface area contributed by atoms with Gasteiger partial charge in [0.2, 0.25) is 0 Å². The summed E-state index contributed by atoms with van der Waals surface area (Å²) in [6, 6.07) is 14.0. The molecule has 0 unspecified atom stereocenters. The second-order valence-corrected chi connectivity index (χ2v) is 5.68. The predicted octanol–water partition coefficient (Wildman–Crippen LogP) is 4.40. The largest absolute Gasteiger partial charge is 0.403 e. The van der Waals surface area contributed by atoms with Gasteiger partial charge in [-0.2, -0.15) is 0 Å². The van der Waals surface area contributed by atoms with E-state index in [0.717, 1.165) is 4.47 Å². The first-order valence-corrected chi connectivity index (χ1v) is 7.46. The first-order valence-electron chi connectivity index (χ1n) is 6.29. The monoisotopic (exact) mass is 377 g/mol. The zero-order valence-electron chi connectivity index (χ0n) is 11.1. The molecule has 0 saturated heterocycles. The van der Waals surface area contributed by atoms with Crippen LogP contribution in [0.15, 0.2) is 57.4 Å². The minimum Gasteiger partial charge on any atom is -0.403 e. The van der Waals surface area contributed by atoms with Crippen LogP contribution in [-0.2, 0) is 0 Å². The number of hydrogen-bond acceptors (Lipinski definition) is 4. The quantitative estimate of drug-likeness (QED) is 0.733. The maximum atomic E-state index is 12.1. The molecule has 0 aliphatic heterocycles. The molecule has 0 bridgehead atoms. The van der Waals surface area contributed by atoms with E-state index in [1.165, 1.54) is 0 Å². The molecule has 0 aliphatic rings. The summed E-state index contributed by atoms with van der Waals surface area (Å²) in [6.07, 6.45) is 0. The van der Waals surface area contributed by atoms with Crippen molar-refractivity contribution in [1.82, 2.24) is 10.2 Å². The lowest BCUT2D eigenvalue weighted by Crippen LogP contribution is -2.11. The van der Waals surface area contributed by atoms with Gasteiger partial charge in [-0.15, -0.1) is 5.10 Å². The van der Waals surface area contributed by atoms with Crippen LogP contribution < -0.4 is 5.32 Å². The van der Waals surface area contributed by atoms with E-state index in [4.69, 9.17) is 16.0 Å². The normalized spacial score (nSPS) is 10.5. The fourth-order valence-corrected chi connectivity index (χ4v) is 2.27. The van der Waals surface area contributed by atoms with Crippen LogP contribution >= 0.6 is 27.5 Å². The molecule has 22 heavy (non-hydrogen) atoms. The van der Waals surface area contributed by atoms with E-state index >= 15 is 0 Å². The van der Waals surface area contributed by atoms with Crippen molar-refractivity contribution in [2.24, 2.45) is 0 Å². The molecular weight excluding hydrogens is 370 g/mol. The van der Waals surface area contributed by atoms with Crippen molar-refractivity contribution in [3.05, 3.63) is 63.6 Å². The Labute approximate surface area is 139 Å². The molecule has 0 atom stereocenters. The molecule has 0 saturated carbocycles. The average Bonchev–Trinajstić information content (AvgIpc) is 2.96. The van der Waals surface area contributed by atoms with Gasteiger partial charge < -0.3 is 4.42 Å². The van der Waals surface area contributed by atoms with Crippen LogP contribution in [0.4, 0.5) is 6.01 Å². The minimum absolute atomic E-state index is 0.0165. The molecule has 2 aromatic carbocycles. The highest BCUT2D eigenvalue weighted by atomic mass is 79.9. The van der Waals surface area contributed by atoms with E-state index in [-0.39, 0.29) is 17.8 Å². The van der Waals surface area contributed by atoms with Gasteiger partial charge in [-0.25, -0.2) is 0 Å². The number of nitrogens with one attached hydrogen (secondary N) is 1. The van der Waals surface area contributed by atoms with Crippen LogP contribution in [0.25, 0.3) is 11.5 Å². The van der Waals surface area contributed by atoms with Gasteiger partial charge in [0, 0.05) is 10.0 Å². The summed E-state index contributed by atoms with van der Waals surface area (Å²) in [5, 5.41) is 10.7. The molecule has 1 heterocycles. The summed E-state index contributed by atoms with van der Waals surface area (Å²) in [6.45, 7) is 0. The highest BCUT2D eigenvalue weighted by molar-refractivity contribution is 9.10. The molecule has 0 fully saturated rings. The number of rotatable bonds is 3. The van der Waals surface area contributed by atoms with Crippen molar-refractivity contribution in [3.8, 4) is 11.5 Å². The van der Waals surface area contributed by atoms with E-state index in [1.54, 1.807) is 42.5 Å². The number of nitrogens with zero attached hydrogens (tertiary/aromatic N) is 2. The average molecular weight is 379 g/mol. The number of anilines is 1. The third-order valence-corrected chi connectivity index (χ3v) is 3.71. The standard InChI is InChI=1S/C15H9BrClN3O2/c16-10-7-5-9(6-8-10)13(21)18-15-20-19-14(22-15)11-3-1-2-4-12(11)17/h1-8H,(H,18,20,21). The van der Waals surface area contributed by atoms with Crippen molar-refractivity contribution < 1.29 is 9.21 Å². The molecular formula is C15H9BrClN3O2. The topological polar surface area (TPSA) is 68.0 Å². The van der Waals surface area contributed by atoms with Crippen LogP contribution in [0.3, 0.4) is 0 Å². The Morgan fingerprint density at radius 1 is 1.09 bits per heavy atom. The molecule has 0 spiro atoms. The third kappa shape index (κ3) is 3.18. The van der Waals surface area contributed by atoms with Gasteiger partial charge in [-0.3, -0.25) is 10.1 Å². The van der Waals surface area contributed by atoms with Gasteiger partial charge in [-0.1, -0.05) is 44.8 Å². The van der Waals surface area contributed by atoms with E-state index in [0.29, 0.717) is 16.1 Å². The van der Waals surface area contributed by atoms with Gasteiger partial charge >= 0.3 is 6.01 Å². The molecule has 3 rings (SSSR count). The molecule has 3 aromatic rings. The van der Waals surface area contributed by atoms with Gasteiger partial charge in [0.1, 0.15) is 0 Å². The number of hydrogen-bond donors (Lipinski definition) is 1. The Bertz CT molecular complexity index is 818. The number of aromatic nitrogens is 2. The molecule has 5 nitrogen and oxygen atoms in total. The van der Waals surface area contributed by atoms with Crippen LogP contribution in [0, 0.1) is 0 Å². The summed E-state index contributed by atoms with van der Waals surface area (Å²) in [5.74, 6) is -0.0847. The lowest BCUT2D eigenvalue weighted by atomic mass is 10.2. The second-order valence-electron chi connectivity index (χ2n) is 4.35. The van der Waals surface area contributed by atoms with Crippen LogP contribution in [-0.4, -0.2) is 16.1 Å². The first kappa shape index (κ1) is 14.7. The fraction of sp³-hybridized carbons (Fsp3) is 0. The summed E-state index contributed by atoms with van der Waals surface area (Å²) in [4.78, 5) is 12.1. The van der Waals surface area contributed by atoms with E-state index in [9.17, 15) is 4.79 Å². The van der Waals surface area contributed by atoms with Crippen molar-refractivity contribution >= 4 is 39.5 Å². The Morgan fingerprint density at radius 2 is 1.82 bits per heavy atom. The number of amides is 1. The third-order valence-electron chi connectivity index (χ3n) is 2.86. The molecule has 7 heteroatoms. The SMILES string of the molecule is O=C(Nc1nnc(-c2ccccc2Cl)o1)c1ccc(Br)cc1. The summed E-state index contributed by atoms with van der Waals surface area (Å²) in [7, 11) is 0. The highest BCUT2D eigenvalue weighted by Gasteiger charge is 2.14. The maximum absolute atomic E-state index is 12.1. The molecule has 1 amide bonds. The Hall–Kier alpha value is -2.18. The molecule has 0 aliphatic carbocycles. The van der Waals surface area contributed by atoms with Crippen molar-refractivity contribution in [2.45, 2.75) is 0 Å². The summed E-state index contributed by atoms with van der Waals surface area (Å²) in [5.41, 5.74) is 1.10. The van der Waals surface area contributed by atoms with Crippen LogP contribution in [0.1, 0.15) is 10.4 Å². The predicted molar refractivity (Wildman–Crippen MR) is 86.8 cm³/mol. The molecule has 110 valence electrons. The Morgan fingerprint density at radius 3 is 2.55 bits per heavy atom. The first-order chi connectivity index (χ1) is 10.6. The second kappa shape index (κ2) is 6.29. The number of benzene rings is 2. The van der Waals surface area contributed by atoms with E-state index in [2.05, 4.69) is 31.4 Å². The lowest BCUT2D eigenvalue weighted by molar-refractivity contribution is 0.102. The van der Waals surface area contributed by atoms with Gasteiger partial charge in [-0.05, 0) is 36.4 Å². The molecule has 0 radical (unpaired) electrons. The number of carbonyl (C=O) groups is 1. The maximum Gasteiger partial charge on any atom is 0.322 e. The number of halogens is 2. The summed E-state index contributed by atoms with van der Waals surface area (Å²) < 4.78 is 6.31. The Kier molecular flexibility index (Phi) is 4.22. The van der Waals surface area contributed by atoms with Gasteiger partial charge in [0.05, 0.1) is 10.6 Å². The van der Waals surface area contributed by atoms with Gasteiger partial charge in [0.25, 0.3) is 11.8 Å². The lowest BCUT2D eigenvalue weighted by Gasteiger charge is -2.00. The number of carbonyl (C=O) groups excluding carboxylic acids is 1. The zero-order chi connectivity index (χ0) is 15.5. The van der Waals surface area contributed by atoms with Crippen molar-refractivity contribution in [2.75, 3.05) is 5.32 Å². The van der Waals surface area contributed by atoms with E-state index < -0.39 is 0 Å². The fourth-order valence-electron chi connectivity index (χ4n) is 1.79. The van der Waals surface area contributed by atoms with E-state index in [1.807, 2.05) is 6.07 Å². The van der Waals surface area contributed by atoms with Crippen molar-refractivity contribution in [3.63, 3.8) is 0 Å². The zero-order valence-corrected chi connectivity index (χ0v) is 13.4. The molecule has 1 aromatic heterocycles. The van der Waals surface area contributed by atoms with Crippen LogP contribution in [0.5, 0.6) is 0 Å². The highest BCUT2D eigenvalue weighted by Crippen LogP contribution is 2.27. The molecule has 1 N–H and O–H groups in total. The Balaban J connectivity index is 1.78. The minimum atomic E-state index is -0.332. The van der Waals surface area contributed by atoms with Gasteiger partial charge in [0.15, 0.2) is 0 Å². The van der Waals surface area contributed by atoms with Crippen LogP contribution in [0.2, 0.25) is 5.02 Å². The smallest absolute Gasteiger partial charge is 0.322 e.